The number of carbonyl (C=O) groups excluding carboxylic acids is 1. The highest BCUT2D eigenvalue weighted by molar-refractivity contribution is 6.34. The molecule has 5 nitrogen and oxygen atoms in total. The SMILES string of the molecule is CC(=O)c1cc(Oc2cc(C)c3cc(-c4ccc(-c5ccc(=O)n(C)c5)cc4)c(Cl)cc3n2)ccc1C. The maximum Gasteiger partial charge on any atom is 0.250 e. The van der Waals surface area contributed by atoms with Crippen molar-refractivity contribution in [2.24, 2.45) is 7.05 Å². The van der Waals surface area contributed by atoms with Crippen LogP contribution in [0.3, 0.4) is 0 Å². The van der Waals surface area contributed by atoms with E-state index in [-0.39, 0.29) is 11.3 Å². The number of benzene rings is 3. The van der Waals surface area contributed by atoms with Gasteiger partial charge in [0.15, 0.2) is 5.78 Å². The van der Waals surface area contributed by atoms with E-state index in [4.69, 9.17) is 16.3 Å². The molecule has 2 aromatic heterocycles. The zero-order valence-electron chi connectivity index (χ0n) is 21.0. The summed E-state index contributed by atoms with van der Waals surface area (Å²) in [5, 5.41) is 1.56. The van der Waals surface area contributed by atoms with Crippen molar-refractivity contribution in [2.45, 2.75) is 20.8 Å². The van der Waals surface area contributed by atoms with Gasteiger partial charge < -0.3 is 9.30 Å². The molecule has 0 radical (unpaired) electrons. The highest BCUT2D eigenvalue weighted by atomic mass is 35.5. The van der Waals surface area contributed by atoms with Gasteiger partial charge in [0, 0.05) is 41.9 Å². The molecule has 5 rings (SSSR count). The van der Waals surface area contributed by atoms with Crippen molar-refractivity contribution in [1.29, 1.82) is 0 Å². The minimum atomic E-state index is -0.0412. The number of hydrogen-bond donors (Lipinski definition) is 0. The van der Waals surface area contributed by atoms with E-state index in [2.05, 4.69) is 4.98 Å². The van der Waals surface area contributed by atoms with E-state index in [1.165, 1.54) is 0 Å². The number of hydrogen-bond acceptors (Lipinski definition) is 4. The van der Waals surface area contributed by atoms with E-state index in [1.807, 2.05) is 80.7 Å². The third kappa shape index (κ3) is 4.91. The molecule has 0 saturated heterocycles. The quantitative estimate of drug-likeness (QED) is 0.230. The van der Waals surface area contributed by atoms with Gasteiger partial charge in [-0.25, -0.2) is 4.98 Å². The van der Waals surface area contributed by atoms with Crippen LogP contribution in [0.15, 0.2) is 83.8 Å². The van der Waals surface area contributed by atoms with Gasteiger partial charge in [0.05, 0.1) is 10.5 Å². The standard InChI is InChI=1S/C31H25ClN2O3/c1-18-5-11-24(14-25(18)20(3)35)37-30-13-19(2)26-15-27(28(32)16-29(26)33-30)22-8-6-21(7-9-22)23-10-12-31(36)34(4)17-23/h5-17H,1-4H3. The van der Waals surface area contributed by atoms with Crippen molar-refractivity contribution in [3.63, 3.8) is 0 Å². The van der Waals surface area contributed by atoms with Gasteiger partial charge in [-0.3, -0.25) is 9.59 Å². The van der Waals surface area contributed by atoms with Crippen molar-refractivity contribution < 1.29 is 9.53 Å². The summed E-state index contributed by atoms with van der Waals surface area (Å²) in [4.78, 5) is 28.3. The molecule has 0 saturated carbocycles. The maximum absolute atomic E-state index is 11.9. The van der Waals surface area contributed by atoms with Crippen LogP contribution in [0.4, 0.5) is 0 Å². The molecule has 2 heterocycles. The Bertz CT molecular complexity index is 1740. The zero-order chi connectivity index (χ0) is 26.3. The number of ether oxygens (including phenoxy) is 1. The van der Waals surface area contributed by atoms with Gasteiger partial charge in [-0.05, 0) is 78.9 Å². The summed E-state index contributed by atoms with van der Waals surface area (Å²) in [6, 6.07) is 22.7. The Kier molecular flexibility index (Phi) is 6.40. The van der Waals surface area contributed by atoms with Gasteiger partial charge in [0.2, 0.25) is 11.4 Å². The summed E-state index contributed by atoms with van der Waals surface area (Å²) in [6.07, 6.45) is 1.83. The summed E-state index contributed by atoms with van der Waals surface area (Å²) in [5.74, 6) is 0.990. The van der Waals surface area contributed by atoms with Crippen LogP contribution in [-0.2, 0) is 7.05 Å². The lowest BCUT2D eigenvalue weighted by Crippen LogP contribution is -2.13. The van der Waals surface area contributed by atoms with Crippen molar-refractivity contribution in [2.75, 3.05) is 0 Å². The first-order valence-corrected chi connectivity index (χ1v) is 12.3. The molecule has 37 heavy (non-hydrogen) atoms. The second-order valence-electron chi connectivity index (χ2n) is 9.21. The van der Waals surface area contributed by atoms with Gasteiger partial charge >= 0.3 is 0 Å². The molecule has 5 aromatic rings. The number of ketones is 1. The van der Waals surface area contributed by atoms with E-state index >= 15 is 0 Å². The lowest BCUT2D eigenvalue weighted by atomic mass is 9.98. The van der Waals surface area contributed by atoms with Gasteiger partial charge in [0.25, 0.3) is 0 Å². The molecule has 0 unspecified atom stereocenters. The van der Waals surface area contributed by atoms with Gasteiger partial charge in [-0.2, -0.15) is 0 Å². The Morgan fingerprint density at radius 3 is 2.27 bits per heavy atom. The fourth-order valence-electron chi connectivity index (χ4n) is 4.43. The van der Waals surface area contributed by atoms with E-state index < -0.39 is 0 Å². The summed E-state index contributed by atoms with van der Waals surface area (Å²) in [5.41, 5.74) is 7.09. The molecule has 0 amide bonds. The lowest BCUT2D eigenvalue weighted by Gasteiger charge is -2.13. The Hall–Kier alpha value is -4.22. The topological polar surface area (TPSA) is 61.2 Å². The minimum absolute atomic E-state index is 0.00712. The number of halogens is 1. The Labute approximate surface area is 219 Å². The molecule has 0 bridgehead atoms. The first kappa shape index (κ1) is 24.5. The molecule has 0 spiro atoms. The van der Waals surface area contributed by atoms with Gasteiger partial charge in [-0.15, -0.1) is 0 Å². The van der Waals surface area contributed by atoms with E-state index in [0.29, 0.717) is 22.2 Å². The number of aryl methyl sites for hydroxylation is 3. The molecule has 0 aliphatic rings. The van der Waals surface area contributed by atoms with E-state index in [1.54, 1.807) is 30.7 Å². The van der Waals surface area contributed by atoms with Crippen LogP contribution in [0.25, 0.3) is 33.2 Å². The molecule has 0 N–H and O–H groups in total. The number of Topliss-reactive ketones (excluding diaryl/α,β-unsaturated/α-hetero) is 1. The Morgan fingerprint density at radius 2 is 1.57 bits per heavy atom. The highest BCUT2D eigenvalue weighted by Gasteiger charge is 2.13. The fraction of sp³-hybridized carbons (Fsp3) is 0.129. The molecule has 3 aromatic carbocycles. The number of fused-ring (bicyclic) bond motifs is 1. The normalized spacial score (nSPS) is 11.1. The smallest absolute Gasteiger partial charge is 0.250 e. The third-order valence-electron chi connectivity index (χ3n) is 6.51. The number of rotatable bonds is 5. The summed E-state index contributed by atoms with van der Waals surface area (Å²) >= 11 is 6.71. The predicted octanol–water partition coefficient (Wildman–Crippen LogP) is 7.53. The highest BCUT2D eigenvalue weighted by Crippen LogP contribution is 2.35. The average molecular weight is 509 g/mol. The van der Waals surface area contributed by atoms with E-state index in [9.17, 15) is 9.59 Å². The first-order chi connectivity index (χ1) is 17.7. The van der Waals surface area contributed by atoms with Gasteiger partial charge in [-0.1, -0.05) is 41.9 Å². The monoisotopic (exact) mass is 508 g/mol. The fourth-order valence-corrected chi connectivity index (χ4v) is 4.70. The van der Waals surface area contributed by atoms with Crippen molar-refractivity contribution in [3.05, 3.63) is 111 Å². The predicted molar refractivity (Wildman–Crippen MR) is 149 cm³/mol. The van der Waals surface area contributed by atoms with Crippen LogP contribution < -0.4 is 10.3 Å². The summed E-state index contributed by atoms with van der Waals surface area (Å²) in [7, 11) is 1.74. The van der Waals surface area contributed by atoms with Crippen molar-refractivity contribution >= 4 is 28.3 Å². The average Bonchev–Trinajstić information content (AvgIpc) is 2.86. The maximum atomic E-state index is 11.9. The zero-order valence-corrected chi connectivity index (χ0v) is 21.8. The summed E-state index contributed by atoms with van der Waals surface area (Å²) < 4.78 is 7.58. The van der Waals surface area contributed by atoms with Crippen LogP contribution in [0.1, 0.15) is 28.4 Å². The molecule has 0 aliphatic heterocycles. The molecule has 0 fully saturated rings. The van der Waals surface area contributed by atoms with Crippen LogP contribution >= 0.6 is 11.6 Å². The number of pyridine rings is 2. The van der Waals surface area contributed by atoms with Gasteiger partial charge in [0.1, 0.15) is 5.75 Å². The molecule has 184 valence electrons. The number of aromatic nitrogens is 2. The minimum Gasteiger partial charge on any atom is -0.439 e. The van der Waals surface area contributed by atoms with Crippen LogP contribution in [0.2, 0.25) is 5.02 Å². The second-order valence-corrected chi connectivity index (χ2v) is 9.61. The van der Waals surface area contributed by atoms with E-state index in [0.717, 1.165) is 44.3 Å². The molecule has 0 atom stereocenters. The third-order valence-corrected chi connectivity index (χ3v) is 6.82. The summed E-state index contributed by atoms with van der Waals surface area (Å²) in [6.45, 7) is 5.45. The molecular formula is C31H25ClN2O3. The lowest BCUT2D eigenvalue weighted by molar-refractivity contribution is 0.101. The van der Waals surface area contributed by atoms with Crippen molar-refractivity contribution in [1.82, 2.24) is 9.55 Å². The van der Waals surface area contributed by atoms with Crippen LogP contribution in [-0.4, -0.2) is 15.3 Å². The van der Waals surface area contributed by atoms with Crippen LogP contribution in [0, 0.1) is 13.8 Å². The molecule has 6 heteroatoms. The Morgan fingerprint density at radius 1 is 0.865 bits per heavy atom. The number of nitrogens with zero attached hydrogens (tertiary/aromatic N) is 2. The molecule has 0 aliphatic carbocycles. The van der Waals surface area contributed by atoms with Crippen molar-refractivity contribution in [3.8, 4) is 33.9 Å². The Balaban J connectivity index is 1.47. The van der Waals surface area contributed by atoms with Crippen LogP contribution in [0.5, 0.6) is 11.6 Å². The number of carbonyl (C=O) groups is 1. The molecular weight excluding hydrogens is 484 g/mol. The second kappa shape index (κ2) is 9.68. The first-order valence-electron chi connectivity index (χ1n) is 11.9. The largest absolute Gasteiger partial charge is 0.439 e.